The zero-order valence-electron chi connectivity index (χ0n) is 16.5. The normalized spacial score (nSPS) is 14.3. The third kappa shape index (κ3) is 6.68. The van der Waals surface area contributed by atoms with E-state index in [1.807, 2.05) is 18.2 Å². The first-order valence-corrected chi connectivity index (χ1v) is 10.8. The lowest BCUT2D eigenvalue weighted by Crippen LogP contribution is -2.37. The molecule has 0 aliphatic heterocycles. The number of nitrogens with one attached hydrogen (secondary N) is 3. The van der Waals surface area contributed by atoms with Gasteiger partial charge in [0.15, 0.2) is 5.11 Å². The molecule has 0 spiro atoms. The van der Waals surface area contributed by atoms with E-state index >= 15 is 0 Å². The Morgan fingerprint density at radius 2 is 1.70 bits per heavy atom. The van der Waals surface area contributed by atoms with E-state index in [1.165, 1.54) is 12.5 Å². The van der Waals surface area contributed by atoms with E-state index in [2.05, 4.69) is 16.0 Å². The van der Waals surface area contributed by atoms with E-state index in [-0.39, 0.29) is 23.0 Å². The van der Waals surface area contributed by atoms with Crippen LogP contribution in [0.5, 0.6) is 0 Å². The topological polar surface area (TPSA) is 70.2 Å². The number of hydrogen-bond acceptors (Lipinski definition) is 3. The Morgan fingerprint density at radius 1 is 1.00 bits per heavy atom. The van der Waals surface area contributed by atoms with E-state index in [0.29, 0.717) is 16.3 Å². The Labute approximate surface area is 186 Å². The summed E-state index contributed by atoms with van der Waals surface area (Å²) < 4.78 is 0. The van der Waals surface area contributed by atoms with Crippen molar-refractivity contribution in [2.75, 3.05) is 5.32 Å². The molecule has 3 N–H and O–H groups in total. The van der Waals surface area contributed by atoms with Gasteiger partial charge in [0, 0.05) is 17.1 Å². The van der Waals surface area contributed by atoms with Crippen LogP contribution in [-0.4, -0.2) is 23.0 Å². The first-order chi connectivity index (χ1) is 14.5. The van der Waals surface area contributed by atoms with Crippen LogP contribution < -0.4 is 16.0 Å². The number of carbonyl (C=O) groups is 2. The first-order valence-electron chi connectivity index (χ1n) is 9.97. The molecule has 1 saturated carbocycles. The van der Waals surface area contributed by atoms with Crippen molar-refractivity contribution in [1.82, 2.24) is 10.6 Å². The second-order valence-corrected chi connectivity index (χ2v) is 8.03. The fraction of sp³-hybridized carbons (Fsp3) is 0.261. The standard InChI is InChI=1S/C23H24ClN3O2S/c24-17-13-10-16(11-14-17)12-15-21(28)27-23(30)26-20-9-5-4-8-19(20)22(29)25-18-6-2-1-3-7-18/h4-5,8-15,18H,1-3,6-7H2,(H,25,29)(H2,26,27,28,30)/b15-12+. The predicted octanol–water partition coefficient (Wildman–Crippen LogP) is 4.93. The van der Waals surface area contributed by atoms with Gasteiger partial charge in [0.05, 0.1) is 11.3 Å². The van der Waals surface area contributed by atoms with E-state index in [4.69, 9.17) is 23.8 Å². The van der Waals surface area contributed by atoms with Gasteiger partial charge in [-0.15, -0.1) is 0 Å². The lowest BCUT2D eigenvalue weighted by atomic mass is 9.95. The lowest BCUT2D eigenvalue weighted by Gasteiger charge is -2.23. The minimum absolute atomic E-state index is 0.124. The van der Waals surface area contributed by atoms with Gasteiger partial charge in [-0.2, -0.15) is 0 Å². The van der Waals surface area contributed by atoms with Crippen molar-refractivity contribution in [2.24, 2.45) is 0 Å². The number of rotatable bonds is 5. The number of benzene rings is 2. The number of hydrogen-bond donors (Lipinski definition) is 3. The number of thiocarbonyl (C=S) groups is 1. The molecular formula is C23H24ClN3O2S. The Morgan fingerprint density at radius 3 is 2.43 bits per heavy atom. The highest BCUT2D eigenvalue weighted by Gasteiger charge is 2.18. The second kappa shape index (κ2) is 10.9. The molecule has 156 valence electrons. The van der Waals surface area contributed by atoms with Crippen molar-refractivity contribution in [1.29, 1.82) is 0 Å². The highest BCUT2D eigenvalue weighted by Crippen LogP contribution is 2.20. The predicted molar refractivity (Wildman–Crippen MR) is 126 cm³/mol. The summed E-state index contributed by atoms with van der Waals surface area (Å²) in [6.07, 6.45) is 8.59. The highest BCUT2D eigenvalue weighted by molar-refractivity contribution is 7.80. The van der Waals surface area contributed by atoms with Crippen molar-refractivity contribution in [3.8, 4) is 0 Å². The Bertz CT molecular complexity index is 938. The van der Waals surface area contributed by atoms with Crippen LogP contribution in [0.2, 0.25) is 5.02 Å². The fourth-order valence-electron chi connectivity index (χ4n) is 3.35. The summed E-state index contributed by atoms with van der Waals surface area (Å²) in [5.41, 5.74) is 1.90. The molecule has 2 amide bonds. The molecule has 30 heavy (non-hydrogen) atoms. The van der Waals surface area contributed by atoms with Crippen LogP contribution in [0.15, 0.2) is 54.6 Å². The Hall–Kier alpha value is -2.70. The molecule has 0 radical (unpaired) electrons. The quantitative estimate of drug-likeness (QED) is 0.454. The van der Waals surface area contributed by atoms with Crippen molar-refractivity contribution in [3.63, 3.8) is 0 Å². The maximum Gasteiger partial charge on any atom is 0.253 e. The van der Waals surface area contributed by atoms with Crippen LogP contribution in [0.1, 0.15) is 48.0 Å². The van der Waals surface area contributed by atoms with Gasteiger partial charge in [-0.05, 0) is 61.0 Å². The third-order valence-electron chi connectivity index (χ3n) is 4.89. The summed E-state index contributed by atoms with van der Waals surface area (Å²) in [6.45, 7) is 0. The van der Waals surface area contributed by atoms with Crippen LogP contribution in [-0.2, 0) is 4.79 Å². The van der Waals surface area contributed by atoms with Gasteiger partial charge in [0.2, 0.25) is 5.91 Å². The summed E-state index contributed by atoms with van der Waals surface area (Å²) >= 11 is 11.1. The maximum atomic E-state index is 12.7. The molecule has 3 rings (SSSR count). The highest BCUT2D eigenvalue weighted by atomic mass is 35.5. The van der Waals surface area contributed by atoms with Crippen molar-refractivity contribution < 1.29 is 9.59 Å². The van der Waals surface area contributed by atoms with Crippen LogP contribution in [0.4, 0.5) is 5.69 Å². The van der Waals surface area contributed by atoms with Gasteiger partial charge < -0.3 is 10.6 Å². The number of halogens is 1. The van der Waals surface area contributed by atoms with Crippen LogP contribution >= 0.6 is 23.8 Å². The summed E-state index contributed by atoms with van der Waals surface area (Å²) in [4.78, 5) is 24.9. The molecule has 0 heterocycles. The molecule has 0 aromatic heterocycles. The number of carbonyl (C=O) groups excluding carboxylic acids is 2. The SMILES string of the molecule is O=C(/C=C/c1ccc(Cl)cc1)NC(=S)Nc1ccccc1C(=O)NC1CCCCC1. The minimum Gasteiger partial charge on any atom is -0.349 e. The molecule has 1 fully saturated rings. The fourth-order valence-corrected chi connectivity index (χ4v) is 3.69. The van der Waals surface area contributed by atoms with Crippen molar-refractivity contribution in [2.45, 2.75) is 38.1 Å². The average Bonchev–Trinajstić information content (AvgIpc) is 2.74. The summed E-state index contributed by atoms with van der Waals surface area (Å²) in [5.74, 6) is -0.506. The van der Waals surface area contributed by atoms with Gasteiger partial charge in [0.1, 0.15) is 0 Å². The molecule has 1 aliphatic rings. The van der Waals surface area contributed by atoms with E-state index < -0.39 is 0 Å². The molecule has 0 bridgehead atoms. The molecule has 5 nitrogen and oxygen atoms in total. The zero-order valence-corrected chi connectivity index (χ0v) is 18.1. The monoisotopic (exact) mass is 441 g/mol. The summed E-state index contributed by atoms with van der Waals surface area (Å²) in [6, 6.07) is 14.4. The third-order valence-corrected chi connectivity index (χ3v) is 5.35. The van der Waals surface area contributed by atoms with Gasteiger partial charge in [-0.1, -0.05) is 55.1 Å². The number of anilines is 1. The van der Waals surface area contributed by atoms with Gasteiger partial charge in [-0.3, -0.25) is 14.9 Å². The minimum atomic E-state index is -0.369. The molecular weight excluding hydrogens is 418 g/mol. The van der Waals surface area contributed by atoms with Gasteiger partial charge >= 0.3 is 0 Å². The molecule has 0 atom stereocenters. The molecule has 1 aliphatic carbocycles. The molecule has 0 saturated heterocycles. The first kappa shape index (κ1) is 22.0. The largest absolute Gasteiger partial charge is 0.349 e. The Kier molecular flexibility index (Phi) is 7.99. The molecule has 7 heteroatoms. The Balaban J connectivity index is 1.57. The van der Waals surface area contributed by atoms with Gasteiger partial charge in [-0.25, -0.2) is 0 Å². The molecule has 2 aromatic carbocycles. The van der Waals surface area contributed by atoms with E-state index in [9.17, 15) is 9.59 Å². The van der Waals surface area contributed by atoms with E-state index in [1.54, 1.807) is 36.4 Å². The molecule has 0 unspecified atom stereocenters. The number of amides is 2. The number of para-hydroxylation sites is 1. The smallest absolute Gasteiger partial charge is 0.253 e. The summed E-state index contributed by atoms with van der Waals surface area (Å²) in [7, 11) is 0. The second-order valence-electron chi connectivity index (χ2n) is 7.18. The van der Waals surface area contributed by atoms with Crippen molar-refractivity contribution >= 4 is 52.5 Å². The summed E-state index contributed by atoms with van der Waals surface area (Å²) in [5, 5.41) is 9.41. The van der Waals surface area contributed by atoms with E-state index in [0.717, 1.165) is 31.2 Å². The zero-order chi connectivity index (χ0) is 21.3. The van der Waals surface area contributed by atoms with Crippen LogP contribution in [0.25, 0.3) is 6.08 Å². The lowest BCUT2D eigenvalue weighted by molar-refractivity contribution is -0.115. The van der Waals surface area contributed by atoms with Crippen LogP contribution in [0, 0.1) is 0 Å². The maximum absolute atomic E-state index is 12.7. The van der Waals surface area contributed by atoms with Gasteiger partial charge in [0.25, 0.3) is 5.91 Å². The molecule has 2 aromatic rings. The van der Waals surface area contributed by atoms with Crippen LogP contribution in [0.3, 0.4) is 0 Å². The average molecular weight is 442 g/mol. The van der Waals surface area contributed by atoms with Crippen molar-refractivity contribution in [3.05, 3.63) is 70.8 Å².